The zero-order chi connectivity index (χ0) is 31.1. The normalized spacial score (nSPS) is 14.2. The molecule has 4 rings (SSSR count). The summed E-state index contributed by atoms with van der Waals surface area (Å²) >= 11 is 3.41. The predicted octanol–water partition coefficient (Wildman–Crippen LogP) is 5.28. The Kier molecular flexibility index (Phi) is 10.7. The molecule has 9 nitrogen and oxygen atoms in total. The van der Waals surface area contributed by atoms with E-state index in [1.807, 2.05) is 24.3 Å². The Bertz CT molecular complexity index is 1530. The first kappa shape index (κ1) is 32.3. The lowest BCUT2D eigenvalue weighted by Crippen LogP contribution is -2.52. The molecule has 3 aromatic carbocycles. The Labute approximate surface area is 260 Å². The molecule has 0 radical (unpaired) electrons. The summed E-state index contributed by atoms with van der Waals surface area (Å²) in [6, 6.07) is 15.4. The summed E-state index contributed by atoms with van der Waals surface area (Å²) in [6.07, 6.45) is 3.81. The minimum absolute atomic E-state index is 0.0423. The van der Waals surface area contributed by atoms with Gasteiger partial charge in [-0.05, 0) is 73.9 Å². The van der Waals surface area contributed by atoms with Crippen LogP contribution in [0.2, 0.25) is 0 Å². The molecule has 0 unspecified atom stereocenters. The molecular weight excluding hydrogens is 641 g/mol. The number of nitrogens with zero attached hydrogens (tertiary/aromatic N) is 2. The second-order valence-corrected chi connectivity index (χ2v) is 13.1. The van der Waals surface area contributed by atoms with E-state index in [1.54, 1.807) is 6.92 Å². The molecule has 1 aliphatic rings. The number of nitrogens with one attached hydrogen (secondary N) is 1. The molecule has 0 spiro atoms. The van der Waals surface area contributed by atoms with Gasteiger partial charge in [0.1, 0.15) is 18.4 Å². The number of carbonyl (C=O) groups excluding carboxylic acids is 2. The van der Waals surface area contributed by atoms with Crippen molar-refractivity contribution >= 4 is 43.5 Å². The lowest BCUT2D eigenvalue weighted by atomic mass is 10.1. The van der Waals surface area contributed by atoms with Crippen LogP contribution in [0.1, 0.15) is 38.2 Å². The van der Waals surface area contributed by atoms with Crippen LogP contribution in [0.15, 0.2) is 76.1 Å². The van der Waals surface area contributed by atoms with Crippen LogP contribution in [0.5, 0.6) is 11.5 Å². The maximum atomic E-state index is 14.1. The summed E-state index contributed by atoms with van der Waals surface area (Å²) in [4.78, 5) is 28.6. The number of methoxy groups -OCH3 is 2. The van der Waals surface area contributed by atoms with Gasteiger partial charge in [-0.2, -0.15) is 0 Å². The highest BCUT2D eigenvalue weighted by atomic mass is 79.9. The maximum absolute atomic E-state index is 14.1. The van der Waals surface area contributed by atoms with E-state index in [0.29, 0.717) is 5.75 Å². The smallest absolute Gasteiger partial charge is 0.264 e. The molecule has 1 N–H and O–H groups in total. The van der Waals surface area contributed by atoms with Gasteiger partial charge in [0.15, 0.2) is 11.5 Å². The SMILES string of the molecule is COc1ccc(S(=O)(=O)N(CC(=O)N(Cc2ccc(Br)cc2)[C@H](C)C(=O)NC2CCCC2)c2ccc(F)cc2)cc1OC. The van der Waals surface area contributed by atoms with Gasteiger partial charge in [0.25, 0.3) is 10.0 Å². The van der Waals surface area contributed by atoms with Crippen LogP contribution in [0, 0.1) is 5.82 Å². The number of sulfonamides is 1. The van der Waals surface area contributed by atoms with Crippen molar-refractivity contribution in [3.05, 3.63) is 82.6 Å². The third-order valence-electron chi connectivity index (χ3n) is 7.47. The summed E-state index contributed by atoms with van der Waals surface area (Å²) in [5, 5.41) is 3.04. The molecule has 0 heterocycles. The molecular formula is C31H35BrFN3O6S. The zero-order valence-electron chi connectivity index (χ0n) is 24.3. The largest absolute Gasteiger partial charge is 0.493 e. The quantitative estimate of drug-likeness (QED) is 0.280. The van der Waals surface area contributed by atoms with E-state index in [2.05, 4.69) is 21.2 Å². The number of benzene rings is 3. The van der Waals surface area contributed by atoms with Crippen LogP contribution < -0.4 is 19.1 Å². The molecule has 0 aromatic heterocycles. The summed E-state index contributed by atoms with van der Waals surface area (Å²) < 4.78 is 54.3. The van der Waals surface area contributed by atoms with Crippen molar-refractivity contribution < 1.29 is 31.9 Å². The van der Waals surface area contributed by atoms with Gasteiger partial charge in [0.05, 0.1) is 24.8 Å². The Morgan fingerprint density at radius 1 is 0.977 bits per heavy atom. The number of amides is 2. The molecule has 230 valence electrons. The van der Waals surface area contributed by atoms with Crippen LogP contribution in [0.4, 0.5) is 10.1 Å². The number of hydrogen-bond acceptors (Lipinski definition) is 6. The summed E-state index contributed by atoms with van der Waals surface area (Å²) in [5.74, 6) is -0.969. The molecule has 2 amide bonds. The average molecular weight is 677 g/mol. The van der Waals surface area contributed by atoms with Crippen LogP contribution >= 0.6 is 15.9 Å². The van der Waals surface area contributed by atoms with Gasteiger partial charge in [-0.3, -0.25) is 13.9 Å². The van der Waals surface area contributed by atoms with Crippen molar-refractivity contribution in [3.63, 3.8) is 0 Å². The lowest BCUT2D eigenvalue weighted by molar-refractivity contribution is -0.139. The standard InChI is InChI=1S/C31H35BrFN3O6S/c1-21(31(38)34-25-6-4-5-7-25)35(19-22-8-10-23(32)11-9-22)30(37)20-36(26-14-12-24(33)13-15-26)43(39,40)27-16-17-28(41-2)29(18-27)42-3/h8-18,21,25H,4-7,19-20H2,1-3H3,(H,34,38)/t21-/m1/s1. The molecule has 0 bridgehead atoms. The second kappa shape index (κ2) is 14.2. The van der Waals surface area contributed by atoms with Crippen LogP contribution in [-0.2, 0) is 26.2 Å². The molecule has 43 heavy (non-hydrogen) atoms. The fourth-order valence-electron chi connectivity index (χ4n) is 5.00. The molecule has 12 heteroatoms. The van der Waals surface area contributed by atoms with Gasteiger partial charge in [0, 0.05) is 23.1 Å². The summed E-state index contributed by atoms with van der Waals surface area (Å²) in [5.41, 5.74) is 0.837. The van der Waals surface area contributed by atoms with Crippen molar-refractivity contribution in [2.75, 3.05) is 25.1 Å². The number of ether oxygens (including phenoxy) is 2. The minimum Gasteiger partial charge on any atom is -0.493 e. The number of halogens is 2. The van der Waals surface area contributed by atoms with Gasteiger partial charge >= 0.3 is 0 Å². The summed E-state index contributed by atoms with van der Waals surface area (Å²) in [6.45, 7) is 1.06. The lowest BCUT2D eigenvalue weighted by Gasteiger charge is -2.32. The Hall–Kier alpha value is -3.64. The molecule has 1 fully saturated rings. The van der Waals surface area contributed by atoms with E-state index in [0.717, 1.165) is 52.2 Å². The third kappa shape index (κ3) is 7.85. The molecule has 0 aliphatic heterocycles. The Morgan fingerprint density at radius 2 is 1.60 bits per heavy atom. The van der Waals surface area contributed by atoms with Gasteiger partial charge in [-0.15, -0.1) is 0 Å². The van der Waals surface area contributed by atoms with Gasteiger partial charge in [-0.25, -0.2) is 12.8 Å². The maximum Gasteiger partial charge on any atom is 0.264 e. The average Bonchev–Trinajstić information content (AvgIpc) is 3.52. The highest BCUT2D eigenvalue weighted by molar-refractivity contribution is 9.10. The van der Waals surface area contributed by atoms with E-state index in [1.165, 1.54) is 49.5 Å². The number of anilines is 1. The van der Waals surface area contributed by atoms with Crippen LogP contribution in [0.3, 0.4) is 0 Å². The minimum atomic E-state index is -4.38. The van der Waals surface area contributed by atoms with Gasteiger partial charge in [0.2, 0.25) is 11.8 Å². The topological polar surface area (TPSA) is 105 Å². The van der Waals surface area contributed by atoms with Crippen LogP contribution in [-0.4, -0.2) is 58.0 Å². The summed E-state index contributed by atoms with van der Waals surface area (Å²) in [7, 11) is -1.56. The van der Waals surface area contributed by atoms with Gasteiger partial charge < -0.3 is 19.7 Å². The molecule has 0 saturated heterocycles. The second-order valence-electron chi connectivity index (χ2n) is 10.3. The zero-order valence-corrected chi connectivity index (χ0v) is 26.7. The van der Waals surface area contributed by atoms with Crippen molar-refractivity contribution in [1.82, 2.24) is 10.2 Å². The number of rotatable bonds is 12. The molecule has 1 aliphatic carbocycles. The highest BCUT2D eigenvalue weighted by Gasteiger charge is 2.34. The van der Waals surface area contributed by atoms with E-state index in [-0.39, 0.29) is 34.8 Å². The third-order valence-corrected chi connectivity index (χ3v) is 9.77. The van der Waals surface area contributed by atoms with E-state index in [9.17, 15) is 22.4 Å². The van der Waals surface area contributed by atoms with Gasteiger partial charge in [-0.1, -0.05) is 40.9 Å². The van der Waals surface area contributed by atoms with E-state index in [4.69, 9.17) is 9.47 Å². The Balaban J connectivity index is 1.71. The molecule has 1 saturated carbocycles. The fraction of sp³-hybridized carbons (Fsp3) is 0.355. The Morgan fingerprint density at radius 3 is 2.21 bits per heavy atom. The highest BCUT2D eigenvalue weighted by Crippen LogP contribution is 2.32. The molecule has 3 aromatic rings. The van der Waals surface area contributed by atoms with Crippen molar-refractivity contribution in [3.8, 4) is 11.5 Å². The number of hydrogen-bond donors (Lipinski definition) is 1. The van der Waals surface area contributed by atoms with E-state index < -0.39 is 34.3 Å². The monoisotopic (exact) mass is 675 g/mol. The van der Waals surface area contributed by atoms with E-state index >= 15 is 0 Å². The predicted molar refractivity (Wildman–Crippen MR) is 165 cm³/mol. The first-order valence-electron chi connectivity index (χ1n) is 13.9. The molecule has 1 atom stereocenters. The van der Waals surface area contributed by atoms with Crippen LogP contribution in [0.25, 0.3) is 0 Å². The van der Waals surface area contributed by atoms with Crippen molar-refractivity contribution in [1.29, 1.82) is 0 Å². The van der Waals surface area contributed by atoms with Crippen molar-refractivity contribution in [2.45, 2.75) is 56.1 Å². The first-order valence-corrected chi connectivity index (χ1v) is 16.1. The first-order chi connectivity index (χ1) is 20.5. The van der Waals surface area contributed by atoms with Crippen molar-refractivity contribution in [2.24, 2.45) is 0 Å². The fourth-order valence-corrected chi connectivity index (χ4v) is 6.70. The number of carbonyl (C=O) groups is 2.